The van der Waals surface area contributed by atoms with Crippen LogP contribution in [0, 0.1) is 13.8 Å². The highest BCUT2D eigenvalue weighted by Gasteiger charge is 2.21. The minimum Gasteiger partial charge on any atom is -0.484 e. The van der Waals surface area contributed by atoms with Gasteiger partial charge in [-0.25, -0.2) is 9.97 Å². The average Bonchev–Trinajstić information content (AvgIpc) is 3.40. The molecule has 0 atom stereocenters. The highest BCUT2D eigenvalue weighted by molar-refractivity contribution is 7.22. The molecule has 2 aromatic carbocycles. The lowest BCUT2D eigenvalue weighted by Crippen LogP contribution is -2.36. The third-order valence-corrected chi connectivity index (χ3v) is 6.36. The second-order valence-electron chi connectivity index (χ2n) is 7.37. The number of rotatable bonds is 8. The van der Waals surface area contributed by atoms with Crippen LogP contribution in [0.1, 0.15) is 17.5 Å². The van der Waals surface area contributed by atoms with Crippen LogP contribution in [0.3, 0.4) is 0 Å². The van der Waals surface area contributed by atoms with E-state index in [-0.39, 0.29) is 12.5 Å². The molecule has 0 spiro atoms. The molecule has 2 aromatic heterocycles. The normalized spacial score (nSPS) is 11.1. The number of fused-ring (bicyclic) bond motifs is 1. The van der Waals surface area contributed by atoms with Crippen LogP contribution in [-0.2, 0) is 11.3 Å². The summed E-state index contributed by atoms with van der Waals surface area (Å²) in [5.41, 5.74) is 3.25. The van der Waals surface area contributed by atoms with Crippen molar-refractivity contribution in [3.8, 4) is 5.75 Å². The van der Waals surface area contributed by atoms with Crippen molar-refractivity contribution in [3.05, 3.63) is 71.3 Å². The SMILES string of the molecule is Cc1cc(C)c2sc(N(CCCn3ccnc3)C(=O)COc3ccc(Cl)cc3)nc2c1. The minimum absolute atomic E-state index is 0.0688. The fraction of sp³-hybridized carbons (Fsp3) is 0.261. The first-order valence-corrected chi connectivity index (χ1v) is 11.2. The number of carbonyl (C=O) groups excluding carboxylic acids is 1. The van der Waals surface area contributed by atoms with Gasteiger partial charge in [0.25, 0.3) is 5.91 Å². The number of aromatic nitrogens is 3. The first-order valence-electron chi connectivity index (χ1n) is 10.0. The van der Waals surface area contributed by atoms with Crippen LogP contribution >= 0.6 is 22.9 Å². The second-order valence-corrected chi connectivity index (χ2v) is 8.78. The molecular weight excluding hydrogens is 432 g/mol. The highest BCUT2D eigenvalue weighted by atomic mass is 35.5. The zero-order valence-corrected chi connectivity index (χ0v) is 19.0. The van der Waals surface area contributed by atoms with E-state index in [9.17, 15) is 4.79 Å². The Labute approximate surface area is 190 Å². The van der Waals surface area contributed by atoms with Gasteiger partial charge in [-0.15, -0.1) is 0 Å². The van der Waals surface area contributed by atoms with E-state index in [1.54, 1.807) is 53.0 Å². The molecule has 1 amide bonds. The van der Waals surface area contributed by atoms with Gasteiger partial charge >= 0.3 is 0 Å². The average molecular weight is 455 g/mol. The zero-order valence-electron chi connectivity index (χ0n) is 17.4. The molecule has 8 heteroatoms. The number of imidazole rings is 1. The van der Waals surface area contributed by atoms with Crippen molar-refractivity contribution in [2.45, 2.75) is 26.8 Å². The van der Waals surface area contributed by atoms with Gasteiger partial charge in [-0.3, -0.25) is 9.69 Å². The van der Waals surface area contributed by atoms with Crippen LogP contribution in [0.4, 0.5) is 5.13 Å². The maximum absolute atomic E-state index is 13.1. The number of halogens is 1. The predicted molar refractivity (Wildman–Crippen MR) is 125 cm³/mol. The van der Waals surface area contributed by atoms with E-state index in [4.69, 9.17) is 21.3 Å². The molecule has 31 heavy (non-hydrogen) atoms. The monoisotopic (exact) mass is 454 g/mol. The molecule has 4 rings (SSSR count). The molecule has 0 aliphatic rings. The van der Waals surface area contributed by atoms with Gasteiger partial charge in [0.15, 0.2) is 11.7 Å². The molecule has 0 N–H and O–H groups in total. The summed E-state index contributed by atoms with van der Waals surface area (Å²) < 4.78 is 8.81. The molecule has 0 radical (unpaired) electrons. The van der Waals surface area contributed by atoms with Crippen LogP contribution in [-0.4, -0.2) is 33.6 Å². The fourth-order valence-electron chi connectivity index (χ4n) is 3.39. The first-order chi connectivity index (χ1) is 15.0. The molecule has 6 nitrogen and oxygen atoms in total. The molecule has 2 heterocycles. The zero-order chi connectivity index (χ0) is 21.8. The smallest absolute Gasteiger partial charge is 0.266 e. The van der Waals surface area contributed by atoms with Crippen LogP contribution < -0.4 is 9.64 Å². The summed E-state index contributed by atoms with van der Waals surface area (Å²) in [6, 6.07) is 11.2. The van der Waals surface area contributed by atoms with Crippen molar-refractivity contribution >= 4 is 44.2 Å². The number of thiazole rings is 1. The maximum Gasteiger partial charge on any atom is 0.266 e. The predicted octanol–water partition coefficient (Wildman–Crippen LogP) is 5.27. The molecule has 0 aliphatic carbocycles. The molecule has 0 bridgehead atoms. The molecule has 0 aliphatic heterocycles. The Morgan fingerprint density at radius 1 is 1.23 bits per heavy atom. The largest absolute Gasteiger partial charge is 0.484 e. The van der Waals surface area contributed by atoms with E-state index in [2.05, 4.69) is 31.0 Å². The number of aryl methyl sites for hydroxylation is 3. The Hall–Kier alpha value is -2.90. The van der Waals surface area contributed by atoms with Gasteiger partial charge in [0.1, 0.15) is 5.75 Å². The Balaban J connectivity index is 1.53. The Morgan fingerprint density at radius 3 is 2.77 bits per heavy atom. The summed E-state index contributed by atoms with van der Waals surface area (Å²) in [6.07, 6.45) is 6.22. The standard InChI is InChI=1S/C23H23ClN4O2S/c1-16-12-17(2)22-20(13-16)26-23(31-22)28(10-3-9-27-11-8-25-15-27)21(29)14-30-19-6-4-18(24)5-7-19/h4-8,11-13,15H,3,9-10,14H2,1-2H3. The van der Waals surface area contributed by atoms with Crippen LogP contribution in [0.2, 0.25) is 5.02 Å². The first kappa shape index (κ1) is 21.3. The number of ether oxygens (including phenoxy) is 1. The summed E-state index contributed by atoms with van der Waals surface area (Å²) in [5, 5.41) is 1.32. The molecule has 0 unspecified atom stereocenters. The number of hydrogen-bond acceptors (Lipinski definition) is 5. The molecule has 4 aromatic rings. The van der Waals surface area contributed by atoms with Crippen molar-refractivity contribution in [1.82, 2.24) is 14.5 Å². The topological polar surface area (TPSA) is 60.2 Å². The number of hydrogen-bond donors (Lipinski definition) is 0. The fourth-order valence-corrected chi connectivity index (χ4v) is 4.58. The summed E-state index contributed by atoms with van der Waals surface area (Å²) in [4.78, 5) is 23.7. The summed E-state index contributed by atoms with van der Waals surface area (Å²) in [5.74, 6) is 0.473. The summed E-state index contributed by atoms with van der Waals surface area (Å²) in [7, 11) is 0. The number of carbonyl (C=O) groups is 1. The quantitative estimate of drug-likeness (QED) is 0.364. The lowest BCUT2D eigenvalue weighted by molar-refractivity contribution is -0.120. The number of anilines is 1. The van der Waals surface area contributed by atoms with E-state index >= 15 is 0 Å². The van der Waals surface area contributed by atoms with Crippen LogP contribution in [0.15, 0.2) is 55.1 Å². The number of benzene rings is 2. The molecule has 0 saturated heterocycles. The molecule has 160 valence electrons. The van der Waals surface area contributed by atoms with Gasteiger partial charge < -0.3 is 9.30 Å². The minimum atomic E-state index is -0.131. The van der Waals surface area contributed by atoms with E-state index < -0.39 is 0 Å². The maximum atomic E-state index is 13.1. The lowest BCUT2D eigenvalue weighted by atomic mass is 10.1. The molecule has 0 saturated carbocycles. The van der Waals surface area contributed by atoms with Gasteiger partial charge in [0.05, 0.1) is 16.5 Å². The van der Waals surface area contributed by atoms with E-state index in [0.29, 0.717) is 22.4 Å². The molecule has 0 fully saturated rings. The summed E-state index contributed by atoms with van der Waals surface area (Å²) in [6.45, 7) is 5.37. The van der Waals surface area contributed by atoms with E-state index in [1.165, 1.54) is 5.56 Å². The van der Waals surface area contributed by atoms with E-state index in [1.807, 2.05) is 10.8 Å². The Morgan fingerprint density at radius 2 is 2.03 bits per heavy atom. The Bertz CT molecular complexity index is 1170. The Kier molecular flexibility index (Phi) is 6.53. The third kappa shape index (κ3) is 5.24. The highest BCUT2D eigenvalue weighted by Crippen LogP contribution is 2.32. The van der Waals surface area contributed by atoms with Crippen molar-refractivity contribution in [3.63, 3.8) is 0 Å². The lowest BCUT2D eigenvalue weighted by Gasteiger charge is -2.20. The van der Waals surface area contributed by atoms with Crippen molar-refractivity contribution in [2.24, 2.45) is 0 Å². The van der Waals surface area contributed by atoms with E-state index in [0.717, 1.165) is 28.7 Å². The van der Waals surface area contributed by atoms with Gasteiger partial charge in [-0.05, 0) is 61.7 Å². The van der Waals surface area contributed by atoms with Gasteiger partial charge in [-0.1, -0.05) is 29.0 Å². The van der Waals surface area contributed by atoms with Crippen molar-refractivity contribution < 1.29 is 9.53 Å². The second kappa shape index (κ2) is 9.49. The molecular formula is C23H23ClN4O2S. The van der Waals surface area contributed by atoms with Crippen LogP contribution in [0.25, 0.3) is 10.2 Å². The van der Waals surface area contributed by atoms with Gasteiger partial charge in [-0.2, -0.15) is 0 Å². The number of nitrogens with zero attached hydrogens (tertiary/aromatic N) is 4. The summed E-state index contributed by atoms with van der Waals surface area (Å²) >= 11 is 7.47. The van der Waals surface area contributed by atoms with Crippen LogP contribution in [0.5, 0.6) is 5.75 Å². The van der Waals surface area contributed by atoms with Gasteiger partial charge in [0, 0.05) is 30.5 Å². The van der Waals surface area contributed by atoms with Crippen molar-refractivity contribution in [2.75, 3.05) is 18.1 Å². The van der Waals surface area contributed by atoms with Crippen molar-refractivity contribution in [1.29, 1.82) is 0 Å². The van der Waals surface area contributed by atoms with Gasteiger partial charge in [0.2, 0.25) is 0 Å². The number of amides is 1. The third-order valence-electron chi connectivity index (χ3n) is 4.87.